The Bertz CT molecular complexity index is 1050. The summed E-state index contributed by atoms with van der Waals surface area (Å²) in [6.07, 6.45) is 2.68. The highest BCUT2D eigenvalue weighted by Crippen LogP contribution is 2.26. The van der Waals surface area contributed by atoms with E-state index in [1.54, 1.807) is 0 Å². The zero-order chi connectivity index (χ0) is 25.1. The summed E-state index contributed by atoms with van der Waals surface area (Å²) in [6, 6.07) is 8.21. The number of rotatable bonds is 5. The van der Waals surface area contributed by atoms with Gasteiger partial charge in [0.2, 0.25) is 5.91 Å². The van der Waals surface area contributed by atoms with Gasteiger partial charge in [-0.2, -0.15) is 5.10 Å². The van der Waals surface area contributed by atoms with Crippen LogP contribution in [-0.2, 0) is 4.79 Å². The van der Waals surface area contributed by atoms with Crippen molar-refractivity contribution in [3.05, 3.63) is 41.1 Å². The van der Waals surface area contributed by atoms with Gasteiger partial charge in [0.15, 0.2) is 5.84 Å². The lowest BCUT2D eigenvalue weighted by molar-refractivity contribution is -0.135. The predicted molar refractivity (Wildman–Crippen MR) is 143 cm³/mol. The first-order valence-corrected chi connectivity index (χ1v) is 12.7. The van der Waals surface area contributed by atoms with Crippen molar-refractivity contribution >= 4 is 28.9 Å². The van der Waals surface area contributed by atoms with Crippen molar-refractivity contribution in [1.82, 2.24) is 14.7 Å². The van der Waals surface area contributed by atoms with Crippen molar-refractivity contribution in [3.63, 3.8) is 0 Å². The molecule has 0 aliphatic carbocycles. The molecule has 0 radical (unpaired) electrons. The van der Waals surface area contributed by atoms with Crippen LogP contribution in [0.15, 0.2) is 45.7 Å². The van der Waals surface area contributed by atoms with E-state index in [4.69, 9.17) is 5.41 Å². The molecule has 0 aromatic heterocycles. The zero-order valence-corrected chi connectivity index (χ0v) is 21.8. The molecule has 2 N–H and O–H groups in total. The third-order valence-electron chi connectivity index (χ3n) is 7.25. The highest BCUT2D eigenvalue weighted by Gasteiger charge is 2.35. The number of allylic oxidation sites excluding steroid dienone is 1. The van der Waals surface area contributed by atoms with Crippen molar-refractivity contribution in [2.24, 2.45) is 22.0 Å². The molecule has 1 atom stereocenters. The minimum Gasteiger partial charge on any atom is -0.359 e. The van der Waals surface area contributed by atoms with Gasteiger partial charge in [0.05, 0.1) is 5.71 Å². The van der Waals surface area contributed by atoms with Crippen LogP contribution < -0.4 is 5.32 Å². The maximum Gasteiger partial charge on any atom is 0.225 e. The van der Waals surface area contributed by atoms with Crippen LogP contribution in [0.5, 0.6) is 0 Å². The highest BCUT2D eigenvalue weighted by atomic mass is 16.2. The second-order valence-corrected chi connectivity index (χ2v) is 10.4. The van der Waals surface area contributed by atoms with Gasteiger partial charge in [-0.3, -0.25) is 10.2 Å². The molecule has 35 heavy (non-hydrogen) atoms. The standard InChI is InChI=1S/C27H39N7O/c1-18-6-8-23(9-7-18)29-19(2)24-20(3)30-31-26(25(24)28)33-14-11-22(12-15-33)27(35)34-13-10-21(17-34)16-32(4)5/h6-9,21-22,28-29H,10-17H2,1-5H3/b24-19-,28-25?. The van der Waals surface area contributed by atoms with E-state index in [1.807, 2.05) is 26.0 Å². The van der Waals surface area contributed by atoms with Crippen LogP contribution in [0.4, 0.5) is 5.69 Å². The summed E-state index contributed by atoms with van der Waals surface area (Å²) in [6.45, 7) is 10.2. The lowest BCUT2D eigenvalue weighted by atomic mass is 9.93. The summed E-state index contributed by atoms with van der Waals surface area (Å²) in [4.78, 5) is 19.5. The first-order valence-electron chi connectivity index (χ1n) is 12.7. The molecule has 1 unspecified atom stereocenters. The topological polar surface area (TPSA) is 87.4 Å². The normalized spacial score (nSPS) is 22.9. The molecule has 2 saturated heterocycles. The van der Waals surface area contributed by atoms with E-state index in [9.17, 15) is 4.79 Å². The molecule has 3 heterocycles. The number of nitrogens with zero attached hydrogens (tertiary/aromatic N) is 5. The monoisotopic (exact) mass is 477 g/mol. The number of piperidine rings is 1. The Kier molecular flexibility index (Phi) is 7.69. The van der Waals surface area contributed by atoms with Crippen LogP contribution in [0.2, 0.25) is 0 Å². The minimum absolute atomic E-state index is 0.0629. The first kappa shape index (κ1) is 25.1. The number of benzene rings is 1. The molecule has 3 aliphatic heterocycles. The van der Waals surface area contributed by atoms with Gasteiger partial charge in [0.1, 0.15) is 5.71 Å². The molecule has 2 fully saturated rings. The maximum absolute atomic E-state index is 13.1. The number of amides is 1. The van der Waals surface area contributed by atoms with Crippen LogP contribution in [0.25, 0.3) is 0 Å². The molecule has 1 amide bonds. The second-order valence-electron chi connectivity index (χ2n) is 10.4. The third-order valence-corrected chi connectivity index (χ3v) is 7.25. The molecule has 4 rings (SSSR count). The van der Waals surface area contributed by atoms with Gasteiger partial charge >= 0.3 is 0 Å². The Morgan fingerprint density at radius 1 is 1.09 bits per heavy atom. The average Bonchev–Trinajstić information content (AvgIpc) is 3.28. The van der Waals surface area contributed by atoms with Gasteiger partial charge < -0.3 is 20.0 Å². The number of carbonyl (C=O) groups is 1. The minimum atomic E-state index is 0.0629. The fraction of sp³-hybridized carbons (Fsp3) is 0.556. The molecule has 8 nitrogen and oxygen atoms in total. The van der Waals surface area contributed by atoms with E-state index < -0.39 is 0 Å². The molecule has 0 spiro atoms. The van der Waals surface area contributed by atoms with Crippen LogP contribution in [0.1, 0.15) is 38.7 Å². The second kappa shape index (κ2) is 10.7. The summed E-state index contributed by atoms with van der Waals surface area (Å²) in [5, 5.41) is 21.1. The molecule has 3 aliphatic rings. The summed E-state index contributed by atoms with van der Waals surface area (Å²) >= 11 is 0. The predicted octanol–water partition coefficient (Wildman–Crippen LogP) is 3.61. The quantitative estimate of drug-likeness (QED) is 0.678. The van der Waals surface area contributed by atoms with Crippen molar-refractivity contribution in [3.8, 4) is 0 Å². The molecular weight excluding hydrogens is 438 g/mol. The lowest BCUT2D eigenvalue weighted by Gasteiger charge is -2.35. The smallest absolute Gasteiger partial charge is 0.225 e. The Morgan fingerprint density at radius 3 is 2.43 bits per heavy atom. The molecule has 0 saturated carbocycles. The number of hydrogen-bond acceptors (Lipinski definition) is 7. The Balaban J connectivity index is 1.37. The van der Waals surface area contributed by atoms with Gasteiger partial charge in [-0.15, -0.1) is 5.10 Å². The largest absolute Gasteiger partial charge is 0.359 e. The first-order chi connectivity index (χ1) is 16.7. The highest BCUT2D eigenvalue weighted by molar-refractivity contribution is 6.53. The number of amidine groups is 1. The number of aryl methyl sites for hydroxylation is 1. The van der Waals surface area contributed by atoms with E-state index in [2.05, 4.69) is 63.4 Å². The van der Waals surface area contributed by atoms with Crippen molar-refractivity contribution < 1.29 is 4.79 Å². The van der Waals surface area contributed by atoms with E-state index in [0.29, 0.717) is 23.4 Å². The summed E-state index contributed by atoms with van der Waals surface area (Å²) in [7, 11) is 4.19. The molecule has 8 heteroatoms. The number of hydrogen-bond donors (Lipinski definition) is 2. The Morgan fingerprint density at radius 2 is 1.77 bits per heavy atom. The average molecular weight is 478 g/mol. The molecule has 1 aromatic carbocycles. The third kappa shape index (κ3) is 5.81. The summed E-state index contributed by atoms with van der Waals surface area (Å²) < 4.78 is 0. The number of nitrogens with one attached hydrogen (secondary N) is 2. The fourth-order valence-corrected chi connectivity index (χ4v) is 5.41. The number of carbonyl (C=O) groups excluding carboxylic acids is 1. The van der Waals surface area contributed by atoms with Crippen molar-refractivity contribution in [2.45, 2.75) is 40.0 Å². The molecule has 1 aromatic rings. The Labute approximate surface area is 209 Å². The molecular formula is C27H39N7O. The summed E-state index contributed by atoms with van der Waals surface area (Å²) in [5.74, 6) is 1.55. The van der Waals surface area contributed by atoms with E-state index in [0.717, 1.165) is 74.7 Å². The maximum atomic E-state index is 13.1. The van der Waals surface area contributed by atoms with Gasteiger partial charge in [-0.05, 0) is 72.2 Å². The van der Waals surface area contributed by atoms with Gasteiger partial charge in [0, 0.05) is 55.6 Å². The van der Waals surface area contributed by atoms with Crippen molar-refractivity contribution in [2.75, 3.05) is 52.1 Å². The van der Waals surface area contributed by atoms with Crippen molar-refractivity contribution in [1.29, 1.82) is 5.41 Å². The van der Waals surface area contributed by atoms with Crippen LogP contribution >= 0.6 is 0 Å². The van der Waals surface area contributed by atoms with Crippen LogP contribution in [-0.4, -0.2) is 84.7 Å². The SMILES string of the molecule is CC1=NN=C(N2CCC(C(=O)N3CCC(CN(C)C)C3)CC2)C(=N)/C1=C(/C)Nc1ccc(C)cc1. The number of anilines is 1. The van der Waals surface area contributed by atoms with Crippen LogP contribution in [0.3, 0.4) is 0 Å². The zero-order valence-electron chi connectivity index (χ0n) is 21.8. The summed E-state index contributed by atoms with van der Waals surface area (Å²) in [5.41, 5.74) is 5.00. The van der Waals surface area contributed by atoms with Gasteiger partial charge in [-0.25, -0.2) is 0 Å². The Hall–Kier alpha value is -3.00. The van der Waals surface area contributed by atoms with Gasteiger partial charge in [-0.1, -0.05) is 17.7 Å². The van der Waals surface area contributed by atoms with Gasteiger partial charge in [0.25, 0.3) is 0 Å². The van der Waals surface area contributed by atoms with Crippen LogP contribution in [0, 0.1) is 24.2 Å². The van der Waals surface area contributed by atoms with E-state index in [1.165, 1.54) is 5.56 Å². The number of likely N-dealkylation sites (tertiary alicyclic amines) is 2. The molecule has 0 bridgehead atoms. The fourth-order valence-electron chi connectivity index (χ4n) is 5.41. The molecule has 188 valence electrons. The lowest BCUT2D eigenvalue weighted by Crippen LogP contribution is -2.47. The van der Waals surface area contributed by atoms with E-state index >= 15 is 0 Å². The van der Waals surface area contributed by atoms with E-state index in [-0.39, 0.29) is 5.92 Å².